The van der Waals surface area contributed by atoms with Crippen LogP contribution in [0.4, 0.5) is 0 Å². The maximum absolute atomic E-state index is 10.6. The number of hydroxylamine groups is 2. The summed E-state index contributed by atoms with van der Waals surface area (Å²) in [6, 6.07) is 0.477. The van der Waals surface area contributed by atoms with Gasteiger partial charge in [-0.25, -0.2) is 0 Å². The van der Waals surface area contributed by atoms with E-state index in [-0.39, 0.29) is 0 Å². The Hall–Kier alpha value is -0.0800. The SMILES string of the molecule is CC[NH+]([O-])C1CC1. The first-order valence-electron chi connectivity index (χ1n) is 2.87. The first-order chi connectivity index (χ1) is 3.34. The van der Waals surface area contributed by atoms with Crippen LogP contribution < -0.4 is 5.06 Å². The van der Waals surface area contributed by atoms with Gasteiger partial charge in [-0.3, -0.25) is 0 Å². The summed E-state index contributed by atoms with van der Waals surface area (Å²) in [6.07, 6.45) is 2.32. The van der Waals surface area contributed by atoms with Crippen molar-refractivity contribution in [1.29, 1.82) is 0 Å². The molecule has 0 saturated heterocycles. The highest BCUT2D eigenvalue weighted by atomic mass is 16.5. The molecule has 0 aromatic carbocycles. The van der Waals surface area contributed by atoms with Crippen LogP contribution in [-0.4, -0.2) is 12.6 Å². The van der Waals surface area contributed by atoms with Crippen LogP contribution in [0, 0.1) is 5.21 Å². The van der Waals surface area contributed by atoms with E-state index in [0.29, 0.717) is 11.1 Å². The lowest BCUT2D eigenvalue weighted by molar-refractivity contribution is -0.857. The quantitative estimate of drug-likeness (QED) is 0.469. The van der Waals surface area contributed by atoms with Crippen LogP contribution in [-0.2, 0) is 0 Å². The molecule has 1 N–H and O–H groups in total. The monoisotopic (exact) mass is 101 g/mol. The molecule has 7 heavy (non-hydrogen) atoms. The average Bonchev–Trinajstić information content (AvgIpc) is 2.44. The van der Waals surface area contributed by atoms with Crippen LogP contribution in [0.2, 0.25) is 0 Å². The molecule has 1 atom stereocenters. The van der Waals surface area contributed by atoms with Gasteiger partial charge in [0.05, 0.1) is 12.6 Å². The standard InChI is InChI=1S/C5H11NO/c1-2-6(7)5-3-4-5/h5-6H,2-4H2,1H3. The topological polar surface area (TPSA) is 27.5 Å². The van der Waals surface area contributed by atoms with E-state index in [1.807, 2.05) is 6.92 Å². The fourth-order valence-electron chi connectivity index (χ4n) is 0.694. The Labute approximate surface area is 43.7 Å². The predicted molar refractivity (Wildman–Crippen MR) is 27.9 cm³/mol. The van der Waals surface area contributed by atoms with Crippen molar-refractivity contribution >= 4 is 0 Å². The van der Waals surface area contributed by atoms with Crippen LogP contribution in [0.15, 0.2) is 0 Å². The Morgan fingerprint density at radius 3 is 2.43 bits per heavy atom. The van der Waals surface area contributed by atoms with Crippen LogP contribution in [0.1, 0.15) is 19.8 Å². The molecule has 0 aromatic heterocycles. The lowest BCUT2D eigenvalue weighted by Crippen LogP contribution is -3.08. The van der Waals surface area contributed by atoms with Crippen molar-refractivity contribution in [1.82, 2.24) is 0 Å². The van der Waals surface area contributed by atoms with Crippen molar-refractivity contribution in [3.63, 3.8) is 0 Å². The zero-order valence-corrected chi connectivity index (χ0v) is 4.61. The average molecular weight is 101 g/mol. The van der Waals surface area contributed by atoms with Crippen LogP contribution in [0.25, 0.3) is 0 Å². The number of nitrogens with one attached hydrogen (secondary N) is 1. The molecule has 0 heterocycles. The number of hydrogen-bond donors (Lipinski definition) is 1. The van der Waals surface area contributed by atoms with Gasteiger partial charge in [-0.1, -0.05) is 0 Å². The van der Waals surface area contributed by atoms with E-state index in [1.54, 1.807) is 0 Å². The predicted octanol–water partition coefficient (Wildman–Crippen LogP) is -0.449. The maximum Gasteiger partial charge on any atom is 0.0876 e. The van der Waals surface area contributed by atoms with Crippen molar-refractivity contribution < 1.29 is 5.06 Å². The molecule has 2 heteroatoms. The van der Waals surface area contributed by atoms with E-state index < -0.39 is 0 Å². The summed E-state index contributed by atoms with van der Waals surface area (Å²) in [5.41, 5.74) is 0. The summed E-state index contributed by atoms with van der Waals surface area (Å²) < 4.78 is 0. The van der Waals surface area contributed by atoms with Crippen molar-refractivity contribution in [3.8, 4) is 0 Å². The third-order valence-corrected chi connectivity index (χ3v) is 1.38. The first kappa shape index (κ1) is 5.06. The molecule has 1 saturated carbocycles. The lowest BCUT2D eigenvalue weighted by atomic mass is 10.6. The molecule has 1 fully saturated rings. The molecular weight excluding hydrogens is 90.1 g/mol. The summed E-state index contributed by atoms with van der Waals surface area (Å²) >= 11 is 0. The van der Waals surface area contributed by atoms with Crippen molar-refractivity contribution in [3.05, 3.63) is 5.21 Å². The van der Waals surface area contributed by atoms with E-state index >= 15 is 0 Å². The van der Waals surface area contributed by atoms with Gasteiger partial charge in [0.1, 0.15) is 0 Å². The van der Waals surface area contributed by atoms with E-state index in [2.05, 4.69) is 0 Å². The summed E-state index contributed by atoms with van der Waals surface area (Å²) in [5.74, 6) is 0. The molecule has 1 aliphatic rings. The Morgan fingerprint density at radius 1 is 1.71 bits per heavy atom. The smallest absolute Gasteiger partial charge is 0.0876 e. The van der Waals surface area contributed by atoms with Gasteiger partial charge in [-0.05, 0) is 6.92 Å². The highest BCUT2D eigenvalue weighted by molar-refractivity contribution is 4.70. The summed E-state index contributed by atoms with van der Waals surface area (Å²) in [7, 11) is 0. The van der Waals surface area contributed by atoms with Gasteiger partial charge in [-0.15, -0.1) is 0 Å². The largest absolute Gasteiger partial charge is 0.634 e. The highest BCUT2D eigenvalue weighted by Gasteiger charge is 2.26. The summed E-state index contributed by atoms with van der Waals surface area (Å²) in [5, 5.41) is 11.0. The Kier molecular flexibility index (Phi) is 1.30. The number of rotatable bonds is 2. The fourth-order valence-corrected chi connectivity index (χ4v) is 0.694. The molecule has 0 spiro atoms. The molecular formula is C5H11NO. The zero-order valence-electron chi connectivity index (χ0n) is 4.61. The third kappa shape index (κ3) is 1.14. The van der Waals surface area contributed by atoms with Crippen LogP contribution in [0.5, 0.6) is 0 Å². The van der Waals surface area contributed by atoms with Gasteiger partial charge in [0.15, 0.2) is 0 Å². The highest BCUT2D eigenvalue weighted by Crippen LogP contribution is 2.14. The fraction of sp³-hybridized carbons (Fsp3) is 1.00. The van der Waals surface area contributed by atoms with Gasteiger partial charge in [0, 0.05) is 12.8 Å². The second-order valence-electron chi connectivity index (χ2n) is 2.09. The van der Waals surface area contributed by atoms with E-state index in [0.717, 1.165) is 19.4 Å². The molecule has 1 rings (SSSR count). The minimum absolute atomic E-state index is 0.458. The Morgan fingerprint density at radius 2 is 2.29 bits per heavy atom. The van der Waals surface area contributed by atoms with Crippen LogP contribution in [0.3, 0.4) is 0 Å². The molecule has 1 aliphatic carbocycles. The molecule has 42 valence electrons. The van der Waals surface area contributed by atoms with Crippen LogP contribution >= 0.6 is 0 Å². The number of hydrogen-bond acceptors (Lipinski definition) is 1. The van der Waals surface area contributed by atoms with Gasteiger partial charge in [0.25, 0.3) is 0 Å². The lowest BCUT2D eigenvalue weighted by Gasteiger charge is -2.18. The number of quaternary nitrogens is 1. The normalized spacial score (nSPS) is 24.9. The summed E-state index contributed by atoms with van der Waals surface area (Å²) in [4.78, 5) is 0. The zero-order chi connectivity index (χ0) is 5.28. The van der Waals surface area contributed by atoms with Crippen molar-refractivity contribution in [2.24, 2.45) is 0 Å². The Bertz CT molecular complexity index is 61.1. The Balaban J connectivity index is 2.10. The minimum Gasteiger partial charge on any atom is -0.634 e. The van der Waals surface area contributed by atoms with Gasteiger partial charge < -0.3 is 10.3 Å². The van der Waals surface area contributed by atoms with E-state index in [4.69, 9.17) is 0 Å². The third-order valence-electron chi connectivity index (χ3n) is 1.38. The maximum atomic E-state index is 10.6. The van der Waals surface area contributed by atoms with E-state index in [1.165, 1.54) is 0 Å². The molecule has 0 aromatic rings. The molecule has 0 aliphatic heterocycles. The molecule has 0 radical (unpaired) electrons. The van der Waals surface area contributed by atoms with Gasteiger partial charge in [-0.2, -0.15) is 0 Å². The molecule has 1 unspecified atom stereocenters. The van der Waals surface area contributed by atoms with Gasteiger partial charge in [0.2, 0.25) is 0 Å². The minimum atomic E-state index is 0.458. The second-order valence-corrected chi connectivity index (χ2v) is 2.09. The molecule has 0 bridgehead atoms. The second kappa shape index (κ2) is 1.80. The van der Waals surface area contributed by atoms with Gasteiger partial charge >= 0.3 is 0 Å². The molecule has 2 nitrogen and oxygen atoms in total. The summed E-state index contributed by atoms with van der Waals surface area (Å²) in [6.45, 7) is 2.67. The van der Waals surface area contributed by atoms with Crippen molar-refractivity contribution in [2.75, 3.05) is 6.54 Å². The first-order valence-corrected chi connectivity index (χ1v) is 2.87. The molecule has 0 amide bonds. The van der Waals surface area contributed by atoms with Crippen molar-refractivity contribution in [2.45, 2.75) is 25.8 Å². The van der Waals surface area contributed by atoms with E-state index in [9.17, 15) is 5.21 Å².